The van der Waals surface area contributed by atoms with Crippen LogP contribution >= 0.6 is 0 Å². The maximum Gasteiger partial charge on any atom is 0.333 e. The van der Waals surface area contributed by atoms with E-state index in [2.05, 4.69) is 0 Å². The second-order valence-corrected chi connectivity index (χ2v) is 3.71. The summed E-state index contributed by atoms with van der Waals surface area (Å²) in [4.78, 5) is 22.7. The van der Waals surface area contributed by atoms with Gasteiger partial charge in [-0.15, -0.1) is 0 Å². The van der Waals surface area contributed by atoms with Crippen LogP contribution in [0.1, 0.15) is 6.92 Å². The molecule has 1 N–H and O–H groups in total. The van der Waals surface area contributed by atoms with Gasteiger partial charge in [0.2, 0.25) is 0 Å². The number of para-hydroxylation sites is 1. The molecule has 1 atom stereocenters. The van der Waals surface area contributed by atoms with Crippen molar-refractivity contribution in [2.24, 2.45) is 0 Å². The van der Waals surface area contributed by atoms with E-state index in [-0.39, 0.29) is 17.1 Å². The van der Waals surface area contributed by atoms with Crippen LogP contribution in [-0.4, -0.2) is 36.2 Å². The highest BCUT2D eigenvalue weighted by molar-refractivity contribution is 5.80. The van der Waals surface area contributed by atoms with Gasteiger partial charge in [-0.2, -0.15) is 0 Å². The van der Waals surface area contributed by atoms with Crippen LogP contribution in [0.2, 0.25) is 0 Å². The van der Waals surface area contributed by atoms with Gasteiger partial charge in [-0.25, -0.2) is 4.79 Å². The number of nitro groups is 1. The summed E-state index contributed by atoms with van der Waals surface area (Å²) in [5.41, 5.74) is -0.0372. The van der Waals surface area contributed by atoms with E-state index in [4.69, 9.17) is 9.84 Å². The third kappa shape index (κ3) is 2.50. The molecule has 0 aliphatic heterocycles. The van der Waals surface area contributed by atoms with Crippen LogP contribution in [0.4, 0.5) is 11.4 Å². The van der Waals surface area contributed by atoms with Gasteiger partial charge in [0, 0.05) is 7.05 Å². The van der Waals surface area contributed by atoms with Crippen molar-refractivity contribution in [3.8, 4) is 5.75 Å². The number of benzene rings is 1. The Kier molecular flexibility index (Phi) is 4.09. The van der Waals surface area contributed by atoms with E-state index in [0.29, 0.717) is 0 Å². The molecule has 0 aliphatic rings. The highest BCUT2D eigenvalue weighted by Gasteiger charge is 2.27. The number of hydrogen-bond acceptors (Lipinski definition) is 5. The second kappa shape index (κ2) is 5.35. The Morgan fingerprint density at radius 3 is 2.61 bits per heavy atom. The Morgan fingerprint density at radius 1 is 1.56 bits per heavy atom. The molecule has 0 fully saturated rings. The van der Waals surface area contributed by atoms with Crippen molar-refractivity contribution in [1.82, 2.24) is 0 Å². The molecule has 0 amide bonds. The summed E-state index contributed by atoms with van der Waals surface area (Å²) >= 11 is 0. The highest BCUT2D eigenvalue weighted by Crippen LogP contribution is 2.37. The molecule has 7 heteroatoms. The third-order valence-electron chi connectivity index (χ3n) is 2.70. The molecule has 0 heterocycles. The second-order valence-electron chi connectivity index (χ2n) is 3.71. The molecule has 0 spiro atoms. The van der Waals surface area contributed by atoms with Gasteiger partial charge in [0.25, 0.3) is 0 Å². The van der Waals surface area contributed by atoms with E-state index in [1.807, 2.05) is 0 Å². The molecule has 0 saturated heterocycles. The van der Waals surface area contributed by atoms with E-state index in [9.17, 15) is 14.9 Å². The predicted octanol–water partition coefficient (Wildman–Crippen LogP) is 1.51. The van der Waals surface area contributed by atoms with Gasteiger partial charge in [0.15, 0.2) is 5.75 Å². The van der Waals surface area contributed by atoms with Crippen LogP contribution in [0.25, 0.3) is 0 Å². The molecule has 0 aromatic heterocycles. The number of rotatable bonds is 5. The Hall–Kier alpha value is -2.31. The maximum atomic E-state index is 11.0. The standard InChI is InChI=1S/C11H14N2O5/c1-7(11(14)15)12(2)8-5-4-6-9(18-3)10(8)13(16)17/h4-7H,1-3H3,(H,14,15). The average Bonchev–Trinajstić information content (AvgIpc) is 2.35. The van der Waals surface area contributed by atoms with E-state index in [0.717, 1.165) is 0 Å². The first-order chi connectivity index (χ1) is 8.40. The summed E-state index contributed by atoms with van der Waals surface area (Å²) in [7, 11) is 2.81. The van der Waals surface area contributed by atoms with Crippen molar-refractivity contribution in [2.75, 3.05) is 19.1 Å². The summed E-state index contributed by atoms with van der Waals surface area (Å²) in [6.07, 6.45) is 0. The number of anilines is 1. The van der Waals surface area contributed by atoms with Crippen molar-refractivity contribution >= 4 is 17.3 Å². The lowest BCUT2D eigenvalue weighted by Crippen LogP contribution is -2.36. The van der Waals surface area contributed by atoms with Gasteiger partial charge in [-0.1, -0.05) is 6.07 Å². The first kappa shape index (κ1) is 13.8. The normalized spacial score (nSPS) is 11.7. The number of methoxy groups -OCH3 is 1. The van der Waals surface area contributed by atoms with Crippen LogP contribution in [0.15, 0.2) is 18.2 Å². The zero-order chi connectivity index (χ0) is 13.9. The number of nitrogens with zero attached hydrogens (tertiary/aromatic N) is 2. The van der Waals surface area contributed by atoms with Crippen molar-refractivity contribution in [3.63, 3.8) is 0 Å². The van der Waals surface area contributed by atoms with Crippen molar-refractivity contribution < 1.29 is 19.6 Å². The molecule has 1 rings (SSSR count). The first-order valence-electron chi connectivity index (χ1n) is 5.17. The summed E-state index contributed by atoms with van der Waals surface area (Å²) in [6, 6.07) is 3.64. The van der Waals surface area contributed by atoms with Gasteiger partial charge >= 0.3 is 11.7 Å². The van der Waals surface area contributed by atoms with Gasteiger partial charge in [0.05, 0.1) is 12.0 Å². The van der Waals surface area contributed by atoms with Crippen LogP contribution in [0, 0.1) is 10.1 Å². The van der Waals surface area contributed by atoms with Crippen molar-refractivity contribution in [2.45, 2.75) is 13.0 Å². The van der Waals surface area contributed by atoms with Crippen LogP contribution in [-0.2, 0) is 4.79 Å². The SMILES string of the molecule is COc1cccc(N(C)C(C)C(=O)O)c1[N+](=O)[O-]. The summed E-state index contributed by atoms with van der Waals surface area (Å²) in [5.74, 6) is -0.962. The highest BCUT2D eigenvalue weighted by atomic mass is 16.6. The van der Waals surface area contributed by atoms with Crippen molar-refractivity contribution in [3.05, 3.63) is 28.3 Å². The number of hydrogen-bond donors (Lipinski definition) is 1. The first-order valence-corrected chi connectivity index (χ1v) is 5.17. The van der Waals surface area contributed by atoms with E-state index in [1.165, 1.54) is 38.1 Å². The summed E-state index contributed by atoms with van der Waals surface area (Å²) in [5, 5.41) is 20.0. The maximum absolute atomic E-state index is 11.0. The minimum atomic E-state index is -1.06. The number of nitro benzene ring substituents is 1. The molecule has 1 aromatic rings. The van der Waals surface area contributed by atoms with E-state index in [1.54, 1.807) is 6.07 Å². The van der Waals surface area contributed by atoms with E-state index >= 15 is 0 Å². The number of carboxylic acid groups (broad SMARTS) is 1. The Bertz CT molecular complexity index is 475. The quantitative estimate of drug-likeness (QED) is 0.632. The minimum absolute atomic E-state index is 0.0990. The molecule has 7 nitrogen and oxygen atoms in total. The monoisotopic (exact) mass is 254 g/mol. The lowest BCUT2D eigenvalue weighted by atomic mass is 10.2. The molecule has 18 heavy (non-hydrogen) atoms. The average molecular weight is 254 g/mol. The van der Waals surface area contributed by atoms with E-state index < -0.39 is 16.9 Å². The molecule has 0 radical (unpaired) electrons. The topological polar surface area (TPSA) is 92.9 Å². The summed E-state index contributed by atoms with van der Waals surface area (Å²) < 4.78 is 4.92. The number of carbonyl (C=O) groups is 1. The number of aliphatic carboxylic acids is 1. The van der Waals surface area contributed by atoms with Crippen LogP contribution in [0.3, 0.4) is 0 Å². The predicted molar refractivity (Wildman–Crippen MR) is 65.1 cm³/mol. The molecule has 0 aliphatic carbocycles. The Labute approximate surface area is 104 Å². The Morgan fingerprint density at radius 2 is 2.17 bits per heavy atom. The molecular formula is C11H14N2O5. The molecule has 0 saturated carbocycles. The Balaban J connectivity index is 3.31. The van der Waals surface area contributed by atoms with Crippen LogP contribution < -0.4 is 9.64 Å². The number of carboxylic acids is 1. The minimum Gasteiger partial charge on any atom is -0.490 e. The molecule has 0 bridgehead atoms. The van der Waals surface area contributed by atoms with Crippen molar-refractivity contribution in [1.29, 1.82) is 0 Å². The van der Waals surface area contributed by atoms with Gasteiger partial charge in [-0.05, 0) is 19.1 Å². The fourth-order valence-corrected chi connectivity index (χ4v) is 1.52. The lowest BCUT2D eigenvalue weighted by Gasteiger charge is -2.23. The lowest BCUT2D eigenvalue weighted by molar-refractivity contribution is -0.385. The fourth-order valence-electron chi connectivity index (χ4n) is 1.52. The smallest absolute Gasteiger partial charge is 0.333 e. The third-order valence-corrected chi connectivity index (χ3v) is 2.70. The molecule has 1 aromatic carbocycles. The fraction of sp³-hybridized carbons (Fsp3) is 0.364. The molecule has 1 unspecified atom stereocenters. The number of ether oxygens (including phenoxy) is 1. The van der Waals surface area contributed by atoms with Gasteiger partial charge in [0.1, 0.15) is 11.7 Å². The molecular weight excluding hydrogens is 240 g/mol. The zero-order valence-corrected chi connectivity index (χ0v) is 10.3. The largest absolute Gasteiger partial charge is 0.490 e. The van der Waals surface area contributed by atoms with Gasteiger partial charge < -0.3 is 14.7 Å². The van der Waals surface area contributed by atoms with Crippen LogP contribution in [0.5, 0.6) is 5.75 Å². The van der Waals surface area contributed by atoms with Gasteiger partial charge in [-0.3, -0.25) is 10.1 Å². The number of likely N-dealkylation sites (N-methyl/N-ethyl adjacent to an activating group) is 1. The summed E-state index contributed by atoms with van der Waals surface area (Å²) in [6.45, 7) is 1.45. The zero-order valence-electron chi connectivity index (χ0n) is 10.3. The molecule has 98 valence electrons.